The van der Waals surface area contributed by atoms with Gasteiger partial charge >= 0.3 is 0 Å². The number of carbonyl (C=O) groups is 1. The molecule has 1 N–H and O–H groups in total. The Hall–Kier alpha value is -1.95. The molecule has 1 aromatic rings. The van der Waals surface area contributed by atoms with Crippen LogP contribution in [0.1, 0.15) is 24.2 Å². The summed E-state index contributed by atoms with van der Waals surface area (Å²) in [5.41, 5.74) is 2.76. The largest absolute Gasteiger partial charge is 0.288 e. The Kier molecular flexibility index (Phi) is 4.17. The number of benzene rings is 1. The van der Waals surface area contributed by atoms with Crippen LogP contribution in [-0.4, -0.2) is 16.5 Å². The second kappa shape index (κ2) is 5.40. The zero-order valence-corrected chi connectivity index (χ0v) is 9.99. The lowest BCUT2D eigenvalue weighted by atomic mass is 10.2. The number of hydrazone groups is 1. The zero-order valence-electron chi connectivity index (χ0n) is 9.23. The standard InChI is InChI=1S/C10H10ClN3O3/c1-6(2)12-13-10(15)7-3-4-8(11)9(5-7)14(16)17/h3-5H,1-2H3,(H,13,15). The van der Waals surface area contributed by atoms with Gasteiger partial charge in [-0.3, -0.25) is 14.9 Å². The van der Waals surface area contributed by atoms with Gasteiger partial charge in [-0.15, -0.1) is 0 Å². The second-order valence-corrected chi connectivity index (χ2v) is 3.83. The quantitative estimate of drug-likeness (QED) is 0.511. The average molecular weight is 256 g/mol. The molecule has 0 aliphatic carbocycles. The van der Waals surface area contributed by atoms with Crippen LogP contribution in [0.2, 0.25) is 5.02 Å². The molecule has 90 valence electrons. The van der Waals surface area contributed by atoms with E-state index in [9.17, 15) is 14.9 Å². The maximum absolute atomic E-state index is 11.6. The Bertz CT molecular complexity index is 496. The fourth-order valence-corrected chi connectivity index (χ4v) is 1.21. The molecular formula is C10H10ClN3O3. The summed E-state index contributed by atoms with van der Waals surface area (Å²) in [6.45, 7) is 3.43. The SMILES string of the molecule is CC(C)=NNC(=O)c1ccc(Cl)c([N+](=O)[O-])c1. The Balaban J connectivity index is 3.00. The molecule has 17 heavy (non-hydrogen) atoms. The number of nitrogens with one attached hydrogen (secondary N) is 1. The molecule has 7 heteroatoms. The highest BCUT2D eigenvalue weighted by molar-refractivity contribution is 6.32. The van der Waals surface area contributed by atoms with E-state index < -0.39 is 10.8 Å². The minimum atomic E-state index is -0.645. The number of nitro benzene ring substituents is 1. The highest BCUT2D eigenvalue weighted by atomic mass is 35.5. The lowest BCUT2D eigenvalue weighted by Crippen LogP contribution is -2.18. The van der Waals surface area contributed by atoms with E-state index in [0.717, 1.165) is 6.07 Å². The van der Waals surface area contributed by atoms with Gasteiger partial charge in [0.25, 0.3) is 11.6 Å². The Morgan fingerprint density at radius 3 is 2.65 bits per heavy atom. The third-order valence-corrected chi connectivity index (χ3v) is 2.11. The minimum Gasteiger partial charge on any atom is -0.267 e. The topological polar surface area (TPSA) is 84.6 Å². The van der Waals surface area contributed by atoms with E-state index in [2.05, 4.69) is 10.5 Å². The van der Waals surface area contributed by atoms with Crippen LogP contribution < -0.4 is 5.43 Å². The molecule has 6 nitrogen and oxygen atoms in total. The normalized spacial score (nSPS) is 9.59. The molecule has 0 aromatic heterocycles. The fraction of sp³-hybridized carbons (Fsp3) is 0.200. The number of halogens is 1. The summed E-state index contributed by atoms with van der Waals surface area (Å²) in [6.07, 6.45) is 0. The van der Waals surface area contributed by atoms with Gasteiger partial charge in [-0.05, 0) is 26.0 Å². The first-order valence-corrected chi connectivity index (χ1v) is 5.05. The fourth-order valence-electron chi connectivity index (χ4n) is 1.02. The van der Waals surface area contributed by atoms with Gasteiger partial charge in [-0.1, -0.05) is 11.6 Å². The van der Waals surface area contributed by atoms with Crippen molar-refractivity contribution in [3.63, 3.8) is 0 Å². The number of hydrogen-bond donors (Lipinski definition) is 1. The lowest BCUT2D eigenvalue weighted by molar-refractivity contribution is -0.384. The predicted molar refractivity (Wildman–Crippen MR) is 64.4 cm³/mol. The van der Waals surface area contributed by atoms with Crippen molar-refractivity contribution >= 4 is 28.9 Å². The third kappa shape index (κ3) is 3.53. The van der Waals surface area contributed by atoms with Crippen LogP contribution in [0.5, 0.6) is 0 Å². The van der Waals surface area contributed by atoms with Crippen molar-refractivity contribution < 1.29 is 9.72 Å². The van der Waals surface area contributed by atoms with Crippen LogP contribution >= 0.6 is 11.6 Å². The van der Waals surface area contributed by atoms with Crippen LogP contribution in [0.25, 0.3) is 0 Å². The van der Waals surface area contributed by atoms with Gasteiger partial charge < -0.3 is 0 Å². The van der Waals surface area contributed by atoms with Crippen LogP contribution in [-0.2, 0) is 0 Å². The van der Waals surface area contributed by atoms with E-state index in [1.165, 1.54) is 12.1 Å². The van der Waals surface area contributed by atoms with Crippen molar-refractivity contribution in [3.05, 3.63) is 38.9 Å². The molecule has 0 radical (unpaired) electrons. The van der Waals surface area contributed by atoms with Gasteiger partial charge in [0.15, 0.2) is 0 Å². The van der Waals surface area contributed by atoms with Gasteiger partial charge in [0.2, 0.25) is 0 Å². The third-order valence-electron chi connectivity index (χ3n) is 1.79. The van der Waals surface area contributed by atoms with E-state index in [1.54, 1.807) is 13.8 Å². The van der Waals surface area contributed by atoms with E-state index in [4.69, 9.17) is 11.6 Å². The summed E-state index contributed by atoms with van der Waals surface area (Å²) in [5, 5.41) is 14.3. The summed E-state index contributed by atoms with van der Waals surface area (Å²) in [5.74, 6) is -0.522. The Morgan fingerprint density at radius 1 is 1.47 bits per heavy atom. The summed E-state index contributed by atoms with van der Waals surface area (Å²) >= 11 is 5.62. The molecule has 0 aliphatic rings. The molecule has 0 bridgehead atoms. The molecule has 1 aromatic carbocycles. The average Bonchev–Trinajstić information content (AvgIpc) is 2.26. The van der Waals surface area contributed by atoms with E-state index in [-0.39, 0.29) is 16.3 Å². The zero-order chi connectivity index (χ0) is 13.0. The second-order valence-electron chi connectivity index (χ2n) is 3.42. The number of rotatable bonds is 3. The molecule has 0 spiro atoms. The highest BCUT2D eigenvalue weighted by Crippen LogP contribution is 2.24. The molecule has 0 unspecified atom stereocenters. The molecule has 1 amide bonds. The molecule has 0 fully saturated rings. The van der Waals surface area contributed by atoms with Crippen molar-refractivity contribution in [2.24, 2.45) is 5.10 Å². The summed E-state index contributed by atoms with van der Waals surface area (Å²) in [4.78, 5) is 21.5. The highest BCUT2D eigenvalue weighted by Gasteiger charge is 2.15. The first-order chi connectivity index (χ1) is 7.91. The molecular weight excluding hydrogens is 246 g/mol. The van der Waals surface area contributed by atoms with Crippen molar-refractivity contribution in [2.45, 2.75) is 13.8 Å². The summed E-state index contributed by atoms with van der Waals surface area (Å²) in [7, 11) is 0. The molecule has 0 saturated heterocycles. The first kappa shape index (κ1) is 13.1. The van der Waals surface area contributed by atoms with Crippen LogP contribution in [0.4, 0.5) is 5.69 Å². The molecule has 0 atom stereocenters. The molecule has 0 heterocycles. The van der Waals surface area contributed by atoms with E-state index in [0.29, 0.717) is 5.71 Å². The van der Waals surface area contributed by atoms with Gasteiger partial charge in [0.1, 0.15) is 5.02 Å². The molecule has 1 rings (SSSR count). The number of hydrogen-bond acceptors (Lipinski definition) is 4. The van der Waals surface area contributed by atoms with Gasteiger partial charge in [-0.25, -0.2) is 5.43 Å². The Labute approximate surface area is 102 Å². The van der Waals surface area contributed by atoms with Crippen LogP contribution in [0.3, 0.4) is 0 Å². The monoisotopic (exact) mass is 255 g/mol. The van der Waals surface area contributed by atoms with E-state index >= 15 is 0 Å². The molecule has 0 saturated carbocycles. The summed E-state index contributed by atoms with van der Waals surface area (Å²) < 4.78 is 0. The smallest absolute Gasteiger partial charge is 0.267 e. The maximum Gasteiger partial charge on any atom is 0.288 e. The van der Waals surface area contributed by atoms with Crippen molar-refractivity contribution in [1.82, 2.24) is 5.43 Å². The minimum absolute atomic E-state index is 0.0123. The molecule has 0 aliphatic heterocycles. The lowest BCUT2D eigenvalue weighted by Gasteiger charge is -2.01. The Morgan fingerprint density at radius 2 is 2.12 bits per heavy atom. The van der Waals surface area contributed by atoms with Gasteiger partial charge in [0.05, 0.1) is 4.92 Å². The van der Waals surface area contributed by atoms with Crippen LogP contribution in [0.15, 0.2) is 23.3 Å². The van der Waals surface area contributed by atoms with E-state index in [1.807, 2.05) is 0 Å². The number of nitrogens with zero attached hydrogens (tertiary/aromatic N) is 2. The van der Waals surface area contributed by atoms with Crippen molar-refractivity contribution in [1.29, 1.82) is 0 Å². The van der Waals surface area contributed by atoms with Gasteiger partial charge in [0, 0.05) is 17.3 Å². The maximum atomic E-state index is 11.6. The number of nitro groups is 1. The van der Waals surface area contributed by atoms with Crippen LogP contribution in [0, 0.1) is 10.1 Å². The van der Waals surface area contributed by atoms with Crippen molar-refractivity contribution in [3.8, 4) is 0 Å². The van der Waals surface area contributed by atoms with Crippen molar-refractivity contribution in [2.75, 3.05) is 0 Å². The number of amides is 1. The number of carbonyl (C=O) groups excluding carboxylic acids is 1. The van der Waals surface area contributed by atoms with Gasteiger partial charge in [-0.2, -0.15) is 5.10 Å². The predicted octanol–water partition coefficient (Wildman–Crippen LogP) is 2.37. The summed E-state index contributed by atoms with van der Waals surface area (Å²) in [6, 6.07) is 3.81. The first-order valence-electron chi connectivity index (χ1n) is 4.67.